The number of hydrogen-bond acceptors (Lipinski definition) is 7. The number of carboxylic acid groups (broad SMARTS) is 1. The molecule has 3 aromatic rings. The van der Waals surface area contributed by atoms with Gasteiger partial charge in [0, 0.05) is 51.3 Å². The molecule has 1 aliphatic heterocycles. The Morgan fingerprint density at radius 3 is 2.54 bits per heavy atom. The fourth-order valence-electron chi connectivity index (χ4n) is 4.73. The van der Waals surface area contributed by atoms with Gasteiger partial charge in [0.1, 0.15) is 5.75 Å². The zero-order valence-corrected chi connectivity index (χ0v) is 22.0. The Bertz CT molecular complexity index is 1150. The number of aryl methyl sites for hydroxylation is 1. The number of unbranched alkanes of at least 4 members (excludes halogenated alkanes) is 1. The van der Waals surface area contributed by atoms with Crippen LogP contribution >= 0.6 is 12.4 Å². The van der Waals surface area contributed by atoms with Gasteiger partial charge in [0.25, 0.3) is 0 Å². The molecule has 0 aliphatic carbocycles. The lowest BCUT2D eigenvalue weighted by Gasteiger charge is -2.39. The van der Waals surface area contributed by atoms with E-state index in [-0.39, 0.29) is 24.9 Å². The summed E-state index contributed by atoms with van der Waals surface area (Å²) in [4.78, 5) is 15.7. The molecular formula is C27H35ClN6O3. The first kappa shape index (κ1) is 28.3. The van der Waals surface area contributed by atoms with E-state index in [0.717, 1.165) is 44.0 Å². The molecule has 37 heavy (non-hydrogen) atoms. The molecule has 1 saturated heterocycles. The maximum atomic E-state index is 10.8. The zero-order chi connectivity index (χ0) is 25.3. The normalized spacial score (nSPS) is 15.1. The summed E-state index contributed by atoms with van der Waals surface area (Å²) in [6.07, 6.45) is 3.42. The highest BCUT2D eigenvalue weighted by Gasteiger charge is 2.26. The Kier molecular flexibility index (Phi) is 10.6. The summed E-state index contributed by atoms with van der Waals surface area (Å²) in [5.41, 5.74) is 3.33. The van der Waals surface area contributed by atoms with Gasteiger partial charge in [-0.25, -0.2) is 4.68 Å². The van der Waals surface area contributed by atoms with E-state index in [9.17, 15) is 4.79 Å². The molecule has 198 valence electrons. The van der Waals surface area contributed by atoms with E-state index in [1.807, 2.05) is 18.2 Å². The van der Waals surface area contributed by atoms with Crippen LogP contribution < -0.4 is 4.74 Å². The molecule has 1 fully saturated rings. The number of halogens is 1. The second-order valence-electron chi connectivity index (χ2n) is 9.00. The SMILES string of the molecule is C=CCN1CCN(C(c2ccc(-c3nnnn3CCCCC(=O)O)cc2)c2cccc(OC)c2)CC1.Cl. The summed E-state index contributed by atoms with van der Waals surface area (Å²) in [5.74, 6) is 0.754. The number of rotatable bonds is 12. The quantitative estimate of drug-likeness (QED) is 0.280. The van der Waals surface area contributed by atoms with Gasteiger partial charge < -0.3 is 9.84 Å². The lowest BCUT2D eigenvalue weighted by Crippen LogP contribution is -2.47. The van der Waals surface area contributed by atoms with Crippen LogP contribution in [0.1, 0.15) is 36.4 Å². The summed E-state index contributed by atoms with van der Waals surface area (Å²) in [6.45, 7) is 9.31. The fourth-order valence-corrected chi connectivity index (χ4v) is 4.73. The number of carbonyl (C=O) groups is 1. The van der Waals surface area contributed by atoms with Gasteiger partial charge in [0.2, 0.25) is 0 Å². The molecule has 0 spiro atoms. The molecule has 1 aliphatic rings. The van der Waals surface area contributed by atoms with Crippen LogP contribution in [0.15, 0.2) is 61.2 Å². The van der Waals surface area contributed by atoms with Crippen molar-refractivity contribution < 1.29 is 14.6 Å². The van der Waals surface area contributed by atoms with Crippen molar-refractivity contribution in [3.8, 4) is 17.1 Å². The molecule has 0 radical (unpaired) electrons. The Labute approximate surface area is 224 Å². The highest BCUT2D eigenvalue weighted by molar-refractivity contribution is 5.85. The highest BCUT2D eigenvalue weighted by Crippen LogP contribution is 2.32. The van der Waals surface area contributed by atoms with Gasteiger partial charge in [-0.15, -0.1) is 24.1 Å². The van der Waals surface area contributed by atoms with Crippen molar-refractivity contribution in [2.45, 2.75) is 31.8 Å². The van der Waals surface area contributed by atoms with Crippen molar-refractivity contribution in [3.05, 3.63) is 72.3 Å². The maximum Gasteiger partial charge on any atom is 0.303 e. The van der Waals surface area contributed by atoms with Crippen LogP contribution in [0.4, 0.5) is 0 Å². The smallest absolute Gasteiger partial charge is 0.303 e. The number of carboxylic acids is 1. The molecule has 4 rings (SSSR count). The monoisotopic (exact) mass is 526 g/mol. The van der Waals surface area contributed by atoms with Crippen molar-refractivity contribution in [3.63, 3.8) is 0 Å². The minimum atomic E-state index is -0.782. The minimum absolute atomic E-state index is 0. The minimum Gasteiger partial charge on any atom is -0.497 e. The van der Waals surface area contributed by atoms with Gasteiger partial charge >= 0.3 is 5.97 Å². The molecule has 2 heterocycles. The molecule has 9 nitrogen and oxygen atoms in total. The number of aromatic nitrogens is 4. The zero-order valence-electron chi connectivity index (χ0n) is 21.2. The molecular weight excluding hydrogens is 492 g/mol. The average Bonchev–Trinajstić information content (AvgIpc) is 3.37. The summed E-state index contributed by atoms with van der Waals surface area (Å²) in [6, 6.07) is 16.8. The van der Waals surface area contributed by atoms with Gasteiger partial charge in [0.15, 0.2) is 5.82 Å². The molecule has 10 heteroatoms. The first-order chi connectivity index (χ1) is 17.6. The third kappa shape index (κ3) is 7.38. The molecule has 1 atom stereocenters. The molecule has 0 amide bonds. The van der Waals surface area contributed by atoms with Crippen molar-refractivity contribution in [2.24, 2.45) is 0 Å². The van der Waals surface area contributed by atoms with Crippen molar-refractivity contribution in [1.82, 2.24) is 30.0 Å². The third-order valence-electron chi connectivity index (χ3n) is 6.60. The van der Waals surface area contributed by atoms with E-state index in [1.54, 1.807) is 11.8 Å². The summed E-state index contributed by atoms with van der Waals surface area (Å²) in [7, 11) is 1.70. The summed E-state index contributed by atoms with van der Waals surface area (Å²) < 4.78 is 7.26. The van der Waals surface area contributed by atoms with Crippen molar-refractivity contribution in [1.29, 1.82) is 0 Å². The first-order valence-electron chi connectivity index (χ1n) is 12.4. The Hall–Kier alpha value is -3.27. The number of benzene rings is 2. The van der Waals surface area contributed by atoms with E-state index in [2.05, 4.69) is 68.3 Å². The van der Waals surface area contributed by atoms with Crippen molar-refractivity contribution >= 4 is 18.4 Å². The summed E-state index contributed by atoms with van der Waals surface area (Å²) >= 11 is 0. The van der Waals surface area contributed by atoms with E-state index in [4.69, 9.17) is 9.84 Å². The second kappa shape index (κ2) is 13.9. The highest BCUT2D eigenvalue weighted by atomic mass is 35.5. The Morgan fingerprint density at radius 2 is 1.86 bits per heavy atom. The van der Waals surface area contributed by atoms with Crippen LogP contribution in [-0.2, 0) is 11.3 Å². The summed E-state index contributed by atoms with van der Waals surface area (Å²) in [5, 5.41) is 21.0. The van der Waals surface area contributed by atoms with Crippen LogP contribution in [0, 0.1) is 0 Å². The Morgan fingerprint density at radius 1 is 1.11 bits per heavy atom. The van der Waals surface area contributed by atoms with E-state index in [1.165, 1.54) is 11.1 Å². The predicted octanol–water partition coefficient (Wildman–Crippen LogP) is 3.92. The number of aliphatic carboxylic acids is 1. The van der Waals surface area contributed by atoms with Crippen LogP contribution in [0.2, 0.25) is 0 Å². The molecule has 2 aromatic carbocycles. The van der Waals surface area contributed by atoms with E-state index in [0.29, 0.717) is 25.2 Å². The molecule has 0 saturated carbocycles. The maximum absolute atomic E-state index is 10.8. The Balaban J connectivity index is 0.00000380. The van der Waals surface area contributed by atoms with Gasteiger partial charge in [0.05, 0.1) is 13.2 Å². The average molecular weight is 527 g/mol. The van der Waals surface area contributed by atoms with Crippen LogP contribution in [0.25, 0.3) is 11.4 Å². The van der Waals surface area contributed by atoms with E-state index >= 15 is 0 Å². The topological polar surface area (TPSA) is 96.6 Å². The fraction of sp³-hybridized carbons (Fsp3) is 0.407. The van der Waals surface area contributed by atoms with E-state index < -0.39 is 5.97 Å². The number of nitrogens with zero attached hydrogens (tertiary/aromatic N) is 6. The molecule has 1 aromatic heterocycles. The molecule has 0 bridgehead atoms. The predicted molar refractivity (Wildman–Crippen MR) is 145 cm³/mol. The van der Waals surface area contributed by atoms with Crippen LogP contribution in [0.3, 0.4) is 0 Å². The standard InChI is InChI=1S/C27H34N6O3.ClH/c1-3-14-31-16-18-32(19-17-31)26(23-7-6-8-24(20-23)36-2)21-10-12-22(13-11-21)27-28-29-30-33(27)15-5-4-9-25(34)35;/h3,6-8,10-13,20,26H,1,4-5,9,14-19H2,2H3,(H,34,35);1H. The molecule has 1 N–H and O–H groups in total. The largest absolute Gasteiger partial charge is 0.497 e. The number of methoxy groups -OCH3 is 1. The van der Waals surface area contributed by atoms with Gasteiger partial charge in [-0.3, -0.25) is 14.6 Å². The third-order valence-corrected chi connectivity index (χ3v) is 6.60. The number of tetrazole rings is 1. The lowest BCUT2D eigenvalue weighted by molar-refractivity contribution is -0.137. The molecule has 1 unspecified atom stereocenters. The van der Waals surface area contributed by atoms with Gasteiger partial charge in [-0.05, 0) is 46.5 Å². The van der Waals surface area contributed by atoms with Gasteiger partial charge in [-0.2, -0.15) is 0 Å². The number of ether oxygens (including phenoxy) is 1. The van der Waals surface area contributed by atoms with Gasteiger partial charge in [-0.1, -0.05) is 42.5 Å². The van der Waals surface area contributed by atoms with Crippen molar-refractivity contribution in [2.75, 3.05) is 39.8 Å². The second-order valence-corrected chi connectivity index (χ2v) is 9.00. The van der Waals surface area contributed by atoms with Crippen LogP contribution in [0.5, 0.6) is 5.75 Å². The first-order valence-corrected chi connectivity index (χ1v) is 12.4. The number of hydrogen-bond donors (Lipinski definition) is 1. The van der Waals surface area contributed by atoms with Crippen LogP contribution in [-0.4, -0.2) is 80.9 Å². The number of piperazine rings is 1. The lowest BCUT2D eigenvalue weighted by atomic mass is 9.95.